The Morgan fingerprint density at radius 1 is 1.08 bits per heavy atom. The van der Waals surface area contributed by atoms with E-state index in [2.05, 4.69) is 12.2 Å². The zero-order valence-electron chi connectivity index (χ0n) is 22.1. The zero-order chi connectivity index (χ0) is 25.9. The number of rotatable bonds is 6. The van der Waals surface area contributed by atoms with E-state index in [0.29, 0.717) is 23.9 Å². The van der Waals surface area contributed by atoms with Gasteiger partial charge in [0, 0.05) is 24.4 Å². The van der Waals surface area contributed by atoms with Gasteiger partial charge in [0.2, 0.25) is 12.1 Å². The average molecular weight is 497 g/mol. The van der Waals surface area contributed by atoms with E-state index in [1.165, 1.54) is 30.6 Å². The van der Waals surface area contributed by atoms with Gasteiger partial charge in [-0.05, 0) is 77.2 Å². The number of nitrogens with zero attached hydrogens (tertiary/aromatic N) is 3. The summed E-state index contributed by atoms with van der Waals surface area (Å²) in [6.07, 6.45) is 5.38. The topological polar surface area (TPSA) is 91.3 Å². The SMILES string of the molecule is CCCCC1=NC(NC(=O)OC(C)(C)C)C(=O)N(CC(=O)N2CC3CCC(CC3)C2)c2ccccc21. The van der Waals surface area contributed by atoms with Crippen molar-refractivity contribution < 1.29 is 19.1 Å². The highest BCUT2D eigenvalue weighted by molar-refractivity contribution is 6.14. The molecule has 0 aromatic heterocycles. The highest BCUT2D eigenvalue weighted by atomic mass is 16.6. The van der Waals surface area contributed by atoms with Crippen LogP contribution in [0.1, 0.15) is 78.2 Å². The molecule has 3 fully saturated rings. The van der Waals surface area contributed by atoms with Crippen LogP contribution in [0, 0.1) is 11.8 Å². The second-order valence-corrected chi connectivity index (χ2v) is 11.4. The Hall–Kier alpha value is -2.90. The fourth-order valence-electron chi connectivity index (χ4n) is 5.45. The maximum absolute atomic E-state index is 13.8. The smallest absolute Gasteiger partial charge is 0.409 e. The van der Waals surface area contributed by atoms with Crippen LogP contribution < -0.4 is 10.2 Å². The predicted molar refractivity (Wildman–Crippen MR) is 140 cm³/mol. The fourth-order valence-corrected chi connectivity index (χ4v) is 5.45. The van der Waals surface area contributed by atoms with Crippen molar-refractivity contribution in [2.45, 2.75) is 84.4 Å². The first-order valence-electron chi connectivity index (χ1n) is 13.4. The van der Waals surface area contributed by atoms with Gasteiger partial charge in [-0.25, -0.2) is 4.79 Å². The van der Waals surface area contributed by atoms with E-state index >= 15 is 0 Å². The quantitative estimate of drug-likeness (QED) is 0.627. The van der Waals surface area contributed by atoms with Gasteiger partial charge >= 0.3 is 6.09 Å². The largest absolute Gasteiger partial charge is 0.444 e. The molecule has 3 amide bonds. The Bertz CT molecular complexity index is 993. The molecule has 0 radical (unpaired) electrons. The summed E-state index contributed by atoms with van der Waals surface area (Å²) in [7, 11) is 0. The predicted octanol–water partition coefficient (Wildman–Crippen LogP) is 4.51. The Morgan fingerprint density at radius 3 is 2.33 bits per heavy atom. The number of hydrogen-bond donors (Lipinski definition) is 1. The summed E-state index contributed by atoms with van der Waals surface area (Å²) in [4.78, 5) is 48.2. The van der Waals surface area contributed by atoms with Crippen molar-refractivity contribution >= 4 is 29.3 Å². The number of aliphatic imine (C=N–C) groups is 1. The van der Waals surface area contributed by atoms with E-state index in [-0.39, 0.29) is 12.5 Å². The molecule has 8 heteroatoms. The maximum Gasteiger partial charge on any atom is 0.409 e. The lowest BCUT2D eigenvalue weighted by Crippen LogP contribution is -2.51. The molecule has 8 nitrogen and oxygen atoms in total. The van der Waals surface area contributed by atoms with Crippen LogP contribution in [-0.2, 0) is 14.3 Å². The van der Waals surface area contributed by atoms with Gasteiger partial charge in [0.1, 0.15) is 12.1 Å². The summed E-state index contributed by atoms with van der Waals surface area (Å²) in [6.45, 7) is 8.86. The minimum absolute atomic E-state index is 0.0509. The lowest BCUT2D eigenvalue weighted by Gasteiger charge is -2.29. The third-order valence-electron chi connectivity index (χ3n) is 7.28. The lowest BCUT2D eigenvalue weighted by molar-refractivity contribution is -0.132. The molecular weight excluding hydrogens is 456 g/mol. The first kappa shape index (κ1) is 26.2. The molecule has 1 aromatic rings. The number of hydrogen-bond acceptors (Lipinski definition) is 5. The Labute approximate surface area is 214 Å². The van der Waals surface area contributed by atoms with E-state index in [1.807, 2.05) is 29.2 Å². The van der Waals surface area contributed by atoms with Crippen molar-refractivity contribution in [3.05, 3.63) is 29.8 Å². The Kier molecular flexibility index (Phi) is 8.00. The van der Waals surface area contributed by atoms with E-state index < -0.39 is 23.8 Å². The van der Waals surface area contributed by atoms with E-state index in [1.54, 1.807) is 20.8 Å². The molecule has 1 aliphatic carbocycles. The summed E-state index contributed by atoms with van der Waals surface area (Å²) in [5.41, 5.74) is 1.54. The van der Waals surface area contributed by atoms with Crippen LogP contribution in [0.2, 0.25) is 0 Å². The van der Waals surface area contributed by atoms with Gasteiger partial charge in [0.05, 0.1) is 5.69 Å². The number of para-hydroxylation sites is 1. The van der Waals surface area contributed by atoms with Crippen molar-refractivity contribution in [1.82, 2.24) is 10.2 Å². The van der Waals surface area contributed by atoms with Gasteiger partial charge in [-0.2, -0.15) is 0 Å². The van der Waals surface area contributed by atoms with Crippen molar-refractivity contribution in [2.75, 3.05) is 24.5 Å². The minimum atomic E-state index is -1.16. The molecule has 2 saturated heterocycles. The summed E-state index contributed by atoms with van der Waals surface area (Å²) < 4.78 is 5.41. The average Bonchev–Trinajstić information content (AvgIpc) is 3.20. The number of carbonyl (C=O) groups is 3. The number of fused-ring (bicyclic) bond motifs is 5. The molecule has 1 atom stereocenters. The van der Waals surface area contributed by atoms with Crippen LogP contribution >= 0.6 is 0 Å². The molecule has 1 N–H and O–H groups in total. The number of benzodiazepines with no additional fused rings is 1. The Balaban J connectivity index is 1.63. The molecule has 0 spiro atoms. The fraction of sp³-hybridized carbons (Fsp3) is 0.643. The minimum Gasteiger partial charge on any atom is -0.444 e. The summed E-state index contributed by atoms with van der Waals surface area (Å²) >= 11 is 0. The highest BCUT2D eigenvalue weighted by Gasteiger charge is 2.37. The number of alkyl carbamates (subject to hydrolysis) is 1. The number of carbonyl (C=O) groups excluding carboxylic acids is 3. The number of ether oxygens (including phenoxy) is 1. The first-order chi connectivity index (χ1) is 17.1. The van der Waals surface area contributed by atoms with E-state index in [0.717, 1.165) is 37.2 Å². The molecule has 196 valence electrons. The van der Waals surface area contributed by atoms with Gasteiger partial charge in [0.25, 0.3) is 5.91 Å². The zero-order valence-corrected chi connectivity index (χ0v) is 22.1. The summed E-state index contributed by atoms with van der Waals surface area (Å²) in [5, 5.41) is 2.66. The van der Waals surface area contributed by atoms with E-state index in [9.17, 15) is 14.4 Å². The van der Waals surface area contributed by atoms with Crippen molar-refractivity contribution in [3.63, 3.8) is 0 Å². The van der Waals surface area contributed by atoms with Gasteiger partial charge in [0.15, 0.2) is 0 Å². The molecular formula is C28H40N4O4. The standard InChI is InChI=1S/C28H40N4O4/c1-5-6-10-22-21-9-7-8-11-23(21)32(26(34)25(29-22)30-27(35)36-28(2,3)4)18-24(33)31-16-19-12-13-20(17-31)15-14-19/h7-9,11,19-20,25H,5-6,10,12-18H2,1-4H3,(H,30,35). The molecule has 1 aromatic carbocycles. The van der Waals surface area contributed by atoms with Gasteiger partial charge in [-0.1, -0.05) is 31.5 Å². The number of amides is 3. The van der Waals surface area contributed by atoms with Gasteiger partial charge in [-0.15, -0.1) is 0 Å². The second-order valence-electron chi connectivity index (χ2n) is 11.4. The van der Waals surface area contributed by atoms with Crippen LogP contribution in [0.15, 0.2) is 29.3 Å². The summed E-state index contributed by atoms with van der Waals surface area (Å²) in [6, 6.07) is 7.59. The molecule has 2 bridgehead atoms. The van der Waals surface area contributed by atoms with Gasteiger partial charge in [-0.3, -0.25) is 24.8 Å². The van der Waals surface area contributed by atoms with Crippen molar-refractivity contribution in [1.29, 1.82) is 0 Å². The maximum atomic E-state index is 13.8. The molecule has 36 heavy (non-hydrogen) atoms. The van der Waals surface area contributed by atoms with Crippen molar-refractivity contribution in [2.24, 2.45) is 16.8 Å². The van der Waals surface area contributed by atoms with Crippen LogP contribution in [-0.4, -0.2) is 59.9 Å². The molecule has 3 heterocycles. The molecule has 1 unspecified atom stereocenters. The normalized spacial score (nSPS) is 23.9. The summed E-state index contributed by atoms with van der Waals surface area (Å²) in [5.74, 6) is 0.617. The number of nitrogens with one attached hydrogen (secondary N) is 1. The number of unbranched alkanes of at least 4 members (excludes halogenated alkanes) is 1. The monoisotopic (exact) mass is 496 g/mol. The van der Waals surface area contributed by atoms with E-state index in [4.69, 9.17) is 9.73 Å². The number of benzene rings is 1. The molecule has 3 aliphatic heterocycles. The third kappa shape index (κ3) is 6.26. The number of anilines is 1. The van der Waals surface area contributed by atoms with Crippen LogP contribution in [0.25, 0.3) is 0 Å². The molecule has 4 aliphatic rings. The molecule has 5 rings (SSSR count). The van der Waals surface area contributed by atoms with Crippen LogP contribution in [0.3, 0.4) is 0 Å². The third-order valence-corrected chi connectivity index (χ3v) is 7.28. The Morgan fingerprint density at radius 2 is 1.72 bits per heavy atom. The van der Waals surface area contributed by atoms with Crippen LogP contribution in [0.4, 0.5) is 10.5 Å². The van der Waals surface area contributed by atoms with Gasteiger partial charge < -0.3 is 9.64 Å². The molecule has 1 saturated carbocycles. The second kappa shape index (κ2) is 11.0. The lowest BCUT2D eigenvalue weighted by atomic mass is 9.84. The van der Waals surface area contributed by atoms with Crippen LogP contribution in [0.5, 0.6) is 0 Å². The first-order valence-corrected chi connectivity index (χ1v) is 13.4. The highest BCUT2D eigenvalue weighted by Crippen LogP contribution is 2.34. The van der Waals surface area contributed by atoms with Crippen molar-refractivity contribution in [3.8, 4) is 0 Å².